The highest BCUT2D eigenvalue weighted by molar-refractivity contribution is 7.92. The van der Waals surface area contributed by atoms with Crippen molar-refractivity contribution in [3.63, 3.8) is 0 Å². The van der Waals surface area contributed by atoms with Crippen molar-refractivity contribution in [1.82, 2.24) is 0 Å². The van der Waals surface area contributed by atoms with Crippen LogP contribution in [0.25, 0.3) is 0 Å². The Kier molecular flexibility index (Phi) is 12.8. The molecular weight excluding hydrogens is 364 g/mol. The molecule has 0 N–H and O–H groups in total. The average molecular weight is 409 g/mol. The summed E-state index contributed by atoms with van der Waals surface area (Å²) < 4.78 is 26.2. The molecule has 0 aliphatic rings. The summed E-state index contributed by atoms with van der Waals surface area (Å²) in [7, 11) is -3.22. The van der Waals surface area contributed by atoms with E-state index in [1.54, 1.807) is 12.1 Å². The summed E-state index contributed by atoms with van der Waals surface area (Å²) in [5, 5.41) is -0.237. The number of hydrogen-bond donors (Lipinski definition) is 0. The molecule has 0 aliphatic heterocycles. The fourth-order valence-corrected chi connectivity index (χ4v) is 5.89. The second kappa shape index (κ2) is 14.2. The molecule has 28 heavy (non-hydrogen) atoms. The van der Waals surface area contributed by atoms with Crippen LogP contribution in [0, 0.1) is 11.8 Å². The molecule has 1 aromatic carbocycles. The van der Waals surface area contributed by atoms with Crippen LogP contribution in [0.15, 0.2) is 35.2 Å². The quantitative estimate of drug-likeness (QED) is 0.261. The van der Waals surface area contributed by atoms with Crippen molar-refractivity contribution >= 4 is 9.84 Å². The zero-order valence-electron chi connectivity index (χ0n) is 18.8. The van der Waals surface area contributed by atoms with E-state index in [4.69, 9.17) is 0 Å². The Bertz CT molecular complexity index is 594. The maximum Gasteiger partial charge on any atom is 0.181 e. The minimum atomic E-state index is -3.22. The van der Waals surface area contributed by atoms with Crippen molar-refractivity contribution < 1.29 is 8.42 Å². The molecule has 0 heterocycles. The molecular formula is C25H44O2S. The van der Waals surface area contributed by atoms with E-state index in [1.165, 1.54) is 44.9 Å². The Morgan fingerprint density at radius 1 is 0.750 bits per heavy atom. The van der Waals surface area contributed by atoms with E-state index in [1.807, 2.05) is 18.2 Å². The molecule has 0 saturated heterocycles. The molecule has 0 unspecified atom stereocenters. The maximum absolute atomic E-state index is 13.1. The van der Waals surface area contributed by atoms with Gasteiger partial charge in [0.15, 0.2) is 9.84 Å². The molecule has 0 amide bonds. The fraction of sp³-hybridized carbons (Fsp3) is 0.760. The van der Waals surface area contributed by atoms with Crippen molar-refractivity contribution in [2.75, 3.05) is 0 Å². The van der Waals surface area contributed by atoms with Gasteiger partial charge in [-0.15, -0.1) is 0 Å². The third kappa shape index (κ3) is 9.58. The topological polar surface area (TPSA) is 34.1 Å². The lowest BCUT2D eigenvalue weighted by molar-refractivity contribution is 0.435. The Balaban J connectivity index is 2.43. The molecule has 0 bridgehead atoms. The van der Waals surface area contributed by atoms with E-state index < -0.39 is 9.84 Å². The van der Waals surface area contributed by atoms with Crippen LogP contribution in [-0.4, -0.2) is 13.7 Å². The van der Waals surface area contributed by atoms with Gasteiger partial charge >= 0.3 is 0 Å². The minimum absolute atomic E-state index is 0.237. The van der Waals surface area contributed by atoms with Crippen LogP contribution in [0.3, 0.4) is 0 Å². The summed E-state index contributed by atoms with van der Waals surface area (Å²) in [6, 6.07) is 9.03. The van der Waals surface area contributed by atoms with Gasteiger partial charge in [0.25, 0.3) is 0 Å². The number of sulfone groups is 1. The van der Waals surface area contributed by atoms with Crippen LogP contribution in [0.2, 0.25) is 0 Å². The van der Waals surface area contributed by atoms with Crippen molar-refractivity contribution in [2.45, 2.75) is 115 Å². The van der Waals surface area contributed by atoms with Gasteiger partial charge < -0.3 is 0 Å². The van der Waals surface area contributed by atoms with Gasteiger partial charge in [0.05, 0.1) is 10.1 Å². The average Bonchev–Trinajstić information content (AvgIpc) is 2.70. The summed E-state index contributed by atoms with van der Waals surface area (Å²) in [6.07, 6.45) is 14.0. The third-order valence-corrected chi connectivity index (χ3v) is 8.38. The summed E-state index contributed by atoms with van der Waals surface area (Å²) in [5.74, 6) is 1.31. The Morgan fingerprint density at radius 3 is 1.93 bits per heavy atom. The van der Waals surface area contributed by atoms with Crippen LogP contribution in [0.5, 0.6) is 0 Å². The van der Waals surface area contributed by atoms with Crippen LogP contribution in [0.1, 0.15) is 105 Å². The van der Waals surface area contributed by atoms with E-state index in [0.717, 1.165) is 38.0 Å². The molecule has 3 atom stereocenters. The third-order valence-electron chi connectivity index (χ3n) is 6.15. The van der Waals surface area contributed by atoms with Crippen molar-refractivity contribution in [1.29, 1.82) is 0 Å². The molecule has 0 saturated carbocycles. The first-order valence-electron chi connectivity index (χ1n) is 11.7. The zero-order valence-corrected chi connectivity index (χ0v) is 19.6. The summed E-state index contributed by atoms with van der Waals surface area (Å²) in [5.41, 5.74) is 0. The largest absolute Gasteiger partial charge is 0.223 e. The Hall–Kier alpha value is -0.830. The van der Waals surface area contributed by atoms with E-state index in [-0.39, 0.29) is 5.25 Å². The molecule has 2 nitrogen and oxygen atoms in total. The maximum atomic E-state index is 13.1. The molecule has 162 valence electrons. The van der Waals surface area contributed by atoms with Gasteiger partial charge in [-0.1, -0.05) is 110 Å². The SMILES string of the molecule is CCCC[C@@H](C)CCCCCCC[C@H](C[C@@H](C)CC)S(=O)(=O)c1ccccc1. The van der Waals surface area contributed by atoms with Gasteiger partial charge in [0.1, 0.15) is 0 Å². The standard InChI is InChI=1S/C25H44O2S/c1-5-7-16-23(4)17-12-9-8-10-13-20-25(21-22(3)6-2)28(26,27)24-18-14-11-15-19-24/h11,14-15,18-19,22-23,25H,5-10,12-13,16-17,20-21H2,1-4H3/t22-,23+,25+/m0/s1. The van der Waals surface area contributed by atoms with Gasteiger partial charge in [-0.25, -0.2) is 8.42 Å². The normalized spacial score (nSPS) is 15.3. The van der Waals surface area contributed by atoms with Crippen LogP contribution < -0.4 is 0 Å². The summed E-state index contributed by atoms with van der Waals surface area (Å²) >= 11 is 0. The number of benzene rings is 1. The first-order chi connectivity index (χ1) is 13.4. The molecule has 3 heteroatoms. The van der Waals surface area contributed by atoms with E-state index in [9.17, 15) is 8.42 Å². The highest BCUT2D eigenvalue weighted by Gasteiger charge is 2.28. The van der Waals surface area contributed by atoms with Crippen LogP contribution in [0.4, 0.5) is 0 Å². The molecule has 1 rings (SSSR count). The molecule has 0 fully saturated rings. The zero-order chi connectivity index (χ0) is 20.8. The molecule has 0 spiro atoms. The first-order valence-corrected chi connectivity index (χ1v) is 13.2. The monoisotopic (exact) mass is 408 g/mol. The van der Waals surface area contributed by atoms with Gasteiger partial charge in [0.2, 0.25) is 0 Å². The van der Waals surface area contributed by atoms with Crippen molar-refractivity contribution in [3.05, 3.63) is 30.3 Å². The van der Waals surface area contributed by atoms with Crippen molar-refractivity contribution in [2.24, 2.45) is 11.8 Å². The number of unbranched alkanes of at least 4 members (excludes halogenated alkanes) is 5. The summed E-state index contributed by atoms with van der Waals surface area (Å²) in [6.45, 7) is 8.97. The van der Waals surface area contributed by atoms with Crippen LogP contribution in [-0.2, 0) is 9.84 Å². The minimum Gasteiger partial charge on any atom is -0.223 e. The van der Waals surface area contributed by atoms with Crippen molar-refractivity contribution in [3.8, 4) is 0 Å². The molecule has 0 aromatic heterocycles. The Morgan fingerprint density at radius 2 is 1.32 bits per heavy atom. The predicted octanol–water partition coefficient (Wildman–Crippen LogP) is 7.82. The lowest BCUT2D eigenvalue weighted by Crippen LogP contribution is -2.24. The highest BCUT2D eigenvalue weighted by Crippen LogP contribution is 2.27. The molecule has 0 aliphatic carbocycles. The van der Waals surface area contributed by atoms with E-state index in [2.05, 4.69) is 27.7 Å². The molecule has 1 aromatic rings. The summed E-state index contributed by atoms with van der Waals surface area (Å²) in [4.78, 5) is 0.490. The Labute approximate surface area is 175 Å². The van der Waals surface area contributed by atoms with Gasteiger partial charge in [-0.05, 0) is 36.8 Å². The van der Waals surface area contributed by atoms with Gasteiger partial charge in [-0.3, -0.25) is 0 Å². The highest BCUT2D eigenvalue weighted by atomic mass is 32.2. The predicted molar refractivity (Wildman–Crippen MR) is 122 cm³/mol. The second-order valence-corrected chi connectivity index (χ2v) is 11.0. The fourth-order valence-electron chi connectivity index (χ4n) is 3.91. The number of hydrogen-bond acceptors (Lipinski definition) is 2. The molecule has 0 radical (unpaired) electrons. The number of rotatable bonds is 16. The second-order valence-electron chi connectivity index (χ2n) is 8.82. The van der Waals surface area contributed by atoms with Gasteiger partial charge in [-0.2, -0.15) is 0 Å². The van der Waals surface area contributed by atoms with E-state index >= 15 is 0 Å². The lowest BCUT2D eigenvalue weighted by atomic mass is 9.96. The van der Waals surface area contributed by atoms with Crippen LogP contribution >= 0.6 is 0 Å². The lowest BCUT2D eigenvalue weighted by Gasteiger charge is -2.21. The smallest absolute Gasteiger partial charge is 0.181 e. The first kappa shape index (κ1) is 25.2. The van der Waals surface area contributed by atoms with Gasteiger partial charge in [0, 0.05) is 0 Å². The van der Waals surface area contributed by atoms with E-state index in [0.29, 0.717) is 10.8 Å².